The second kappa shape index (κ2) is 2.60. The van der Waals surface area contributed by atoms with Crippen molar-refractivity contribution in [3.8, 4) is 0 Å². The van der Waals surface area contributed by atoms with Crippen molar-refractivity contribution in [3.05, 3.63) is 34.5 Å². The Hall–Kier alpha value is -1.35. The van der Waals surface area contributed by atoms with Crippen molar-refractivity contribution in [1.29, 1.82) is 0 Å². The van der Waals surface area contributed by atoms with Crippen molar-refractivity contribution < 1.29 is 4.79 Å². The van der Waals surface area contributed by atoms with E-state index in [9.17, 15) is 4.79 Å². The summed E-state index contributed by atoms with van der Waals surface area (Å²) in [6.07, 6.45) is 0. The molecule has 0 saturated carbocycles. The third-order valence-corrected chi connectivity index (χ3v) is 2.54. The Labute approximate surface area is 73.6 Å². The number of hydrogen-bond donors (Lipinski definition) is 1. The third kappa shape index (κ3) is 1.08. The number of benzene rings is 1. The summed E-state index contributed by atoms with van der Waals surface area (Å²) in [5.74, 6) is -0.372. The fourth-order valence-electron chi connectivity index (χ4n) is 1.12. The second-order valence-corrected chi connectivity index (χ2v) is 3.32. The Morgan fingerprint density at radius 2 is 2.00 bits per heavy atom. The number of hydrogen-bond acceptors (Lipinski definition) is 2. The highest BCUT2D eigenvalue weighted by Crippen LogP contribution is 2.19. The first-order valence-electron chi connectivity index (χ1n) is 3.53. The molecule has 12 heavy (non-hydrogen) atoms. The van der Waals surface area contributed by atoms with E-state index in [2.05, 4.69) is 0 Å². The predicted molar refractivity (Wildman–Crippen MR) is 50.3 cm³/mol. The normalized spacial score (nSPS) is 10.3. The molecule has 3 heteroatoms. The van der Waals surface area contributed by atoms with Gasteiger partial charge in [0.1, 0.15) is 0 Å². The lowest BCUT2D eigenvalue weighted by Gasteiger charge is -1.94. The Balaban J connectivity index is 2.68. The summed E-state index contributed by atoms with van der Waals surface area (Å²) >= 11 is 1.62. The summed E-state index contributed by atoms with van der Waals surface area (Å²) in [7, 11) is 0. The molecule has 1 aromatic heterocycles. The van der Waals surface area contributed by atoms with Crippen molar-refractivity contribution in [2.45, 2.75) is 0 Å². The summed E-state index contributed by atoms with van der Waals surface area (Å²) in [5.41, 5.74) is 5.71. The lowest BCUT2D eigenvalue weighted by atomic mass is 10.1. The van der Waals surface area contributed by atoms with E-state index in [0.717, 1.165) is 10.8 Å². The van der Waals surface area contributed by atoms with Crippen molar-refractivity contribution in [1.82, 2.24) is 0 Å². The van der Waals surface area contributed by atoms with Gasteiger partial charge in [0, 0.05) is 5.56 Å². The first-order valence-corrected chi connectivity index (χ1v) is 4.47. The fourth-order valence-corrected chi connectivity index (χ4v) is 1.90. The number of fused-ring (bicyclic) bond motifs is 1. The average molecular weight is 177 g/mol. The fraction of sp³-hybridized carbons (Fsp3) is 0. The summed E-state index contributed by atoms with van der Waals surface area (Å²) in [6.45, 7) is 0. The van der Waals surface area contributed by atoms with Crippen LogP contribution < -0.4 is 5.73 Å². The summed E-state index contributed by atoms with van der Waals surface area (Å²) in [5, 5.41) is 6.28. The van der Waals surface area contributed by atoms with E-state index in [1.807, 2.05) is 22.9 Å². The minimum Gasteiger partial charge on any atom is -0.366 e. The maximum Gasteiger partial charge on any atom is 0.248 e. The number of primary amides is 1. The molecule has 1 heterocycles. The largest absolute Gasteiger partial charge is 0.366 e. The molecule has 0 aliphatic carbocycles. The summed E-state index contributed by atoms with van der Waals surface area (Å²) < 4.78 is 0. The van der Waals surface area contributed by atoms with Crippen LogP contribution in [-0.4, -0.2) is 5.91 Å². The maximum atomic E-state index is 10.8. The van der Waals surface area contributed by atoms with E-state index in [0.29, 0.717) is 5.56 Å². The molecule has 2 N–H and O–H groups in total. The Morgan fingerprint density at radius 1 is 1.25 bits per heavy atom. The molecular formula is C9H7NOS. The van der Waals surface area contributed by atoms with Gasteiger partial charge >= 0.3 is 0 Å². The molecule has 0 fully saturated rings. The van der Waals surface area contributed by atoms with Crippen LogP contribution in [0.25, 0.3) is 10.8 Å². The van der Waals surface area contributed by atoms with Crippen molar-refractivity contribution in [2.24, 2.45) is 5.73 Å². The smallest absolute Gasteiger partial charge is 0.248 e. The second-order valence-electron chi connectivity index (χ2n) is 2.58. The molecule has 2 aromatic rings. The molecule has 0 atom stereocenters. The number of carbonyl (C=O) groups is 1. The van der Waals surface area contributed by atoms with Gasteiger partial charge < -0.3 is 5.73 Å². The van der Waals surface area contributed by atoms with Crippen LogP contribution in [0.1, 0.15) is 10.4 Å². The molecule has 0 bridgehead atoms. The van der Waals surface area contributed by atoms with E-state index in [1.165, 1.54) is 0 Å². The minimum atomic E-state index is -0.372. The van der Waals surface area contributed by atoms with Gasteiger partial charge in [-0.25, -0.2) is 0 Å². The van der Waals surface area contributed by atoms with Gasteiger partial charge in [-0.2, -0.15) is 11.3 Å². The Bertz CT molecular complexity index is 433. The van der Waals surface area contributed by atoms with Gasteiger partial charge in [0.2, 0.25) is 5.91 Å². The molecule has 0 aliphatic rings. The van der Waals surface area contributed by atoms with Crippen LogP contribution in [0.2, 0.25) is 0 Å². The van der Waals surface area contributed by atoms with Crippen LogP contribution >= 0.6 is 11.3 Å². The molecule has 0 spiro atoms. The Kier molecular flexibility index (Phi) is 1.59. The molecule has 0 saturated heterocycles. The molecule has 2 rings (SSSR count). The average Bonchev–Trinajstić information content (AvgIpc) is 2.49. The topological polar surface area (TPSA) is 43.1 Å². The highest BCUT2D eigenvalue weighted by Gasteiger charge is 2.00. The van der Waals surface area contributed by atoms with Gasteiger partial charge in [0.25, 0.3) is 0 Å². The summed E-state index contributed by atoms with van der Waals surface area (Å²) in [6, 6.07) is 5.47. The first-order chi connectivity index (χ1) is 5.77. The van der Waals surface area contributed by atoms with Gasteiger partial charge in [-0.1, -0.05) is 6.07 Å². The van der Waals surface area contributed by atoms with E-state index in [4.69, 9.17) is 5.73 Å². The van der Waals surface area contributed by atoms with Crippen molar-refractivity contribution in [2.75, 3.05) is 0 Å². The van der Waals surface area contributed by atoms with Crippen molar-refractivity contribution >= 4 is 28.0 Å². The van der Waals surface area contributed by atoms with Gasteiger partial charge in [-0.05, 0) is 33.7 Å². The number of carbonyl (C=O) groups excluding carboxylic acids is 1. The molecule has 0 aliphatic heterocycles. The van der Waals surface area contributed by atoms with Crippen LogP contribution in [0.5, 0.6) is 0 Å². The quantitative estimate of drug-likeness (QED) is 0.711. The number of rotatable bonds is 1. The van der Waals surface area contributed by atoms with Crippen LogP contribution in [0.3, 0.4) is 0 Å². The number of thiophene rings is 1. The summed E-state index contributed by atoms with van der Waals surface area (Å²) in [4.78, 5) is 10.8. The maximum absolute atomic E-state index is 10.8. The van der Waals surface area contributed by atoms with Crippen LogP contribution in [0.15, 0.2) is 29.0 Å². The van der Waals surface area contributed by atoms with E-state index in [1.54, 1.807) is 17.4 Å². The minimum absolute atomic E-state index is 0.372. The zero-order valence-electron chi connectivity index (χ0n) is 6.28. The highest BCUT2D eigenvalue weighted by molar-refractivity contribution is 7.09. The third-order valence-electron chi connectivity index (χ3n) is 1.76. The zero-order chi connectivity index (χ0) is 8.55. The van der Waals surface area contributed by atoms with Crippen LogP contribution in [0, 0.1) is 0 Å². The molecule has 0 unspecified atom stereocenters. The van der Waals surface area contributed by atoms with E-state index < -0.39 is 0 Å². The van der Waals surface area contributed by atoms with E-state index in [-0.39, 0.29) is 5.91 Å². The van der Waals surface area contributed by atoms with Gasteiger partial charge in [0.05, 0.1) is 0 Å². The molecule has 2 nitrogen and oxygen atoms in total. The molecule has 1 amide bonds. The van der Waals surface area contributed by atoms with Crippen molar-refractivity contribution in [3.63, 3.8) is 0 Å². The highest BCUT2D eigenvalue weighted by atomic mass is 32.1. The van der Waals surface area contributed by atoms with Gasteiger partial charge in [0.15, 0.2) is 0 Å². The molecule has 0 radical (unpaired) electrons. The van der Waals surface area contributed by atoms with Gasteiger partial charge in [-0.3, -0.25) is 4.79 Å². The number of amides is 1. The Morgan fingerprint density at radius 3 is 2.75 bits per heavy atom. The molecule has 1 aromatic carbocycles. The molecular weight excluding hydrogens is 170 g/mol. The van der Waals surface area contributed by atoms with Gasteiger partial charge in [-0.15, -0.1) is 0 Å². The number of nitrogens with two attached hydrogens (primary N) is 1. The van der Waals surface area contributed by atoms with E-state index >= 15 is 0 Å². The standard InChI is InChI=1S/C9H7NOS/c10-9(11)6-1-2-7-4-12-5-8(7)3-6/h1-5H,(H2,10,11). The molecule has 60 valence electrons. The predicted octanol–water partition coefficient (Wildman–Crippen LogP) is 2.00. The SMILES string of the molecule is NC(=O)c1ccc2cscc2c1. The van der Waals surface area contributed by atoms with Crippen LogP contribution in [-0.2, 0) is 0 Å². The lowest BCUT2D eigenvalue weighted by Crippen LogP contribution is -2.10. The lowest BCUT2D eigenvalue weighted by molar-refractivity contribution is 0.100. The monoisotopic (exact) mass is 177 g/mol. The zero-order valence-corrected chi connectivity index (χ0v) is 7.10. The van der Waals surface area contributed by atoms with Crippen LogP contribution in [0.4, 0.5) is 0 Å². The first kappa shape index (κ1) is 7.31.